The summed E-state index contributed by atoms with van der Waals surface area (Å²) >= 11 is 0. The fourth-order valence-electron chi connectivity index (χ4n) is 4.70. The predicted molar refractivity (Wildman–Crippen MR) is 121 cm³/mol. The van der Waals surface area contributed by atoms with E-state index >= 15 is 0 Å². The first-order valence-corrected chi connectivity index (χ1v) is 11.9. The number of carbonyl (C=O) groups excluding carboxylic acids is 2. The first-order valence-electron chi connectivity index (χ1n) is 11.9. The number of nitrogens with one attached hydrogen (secondary N) is 1. The number of esters is 1. The summed E-state index contributed by atoms with van der Waals surface area (Å²) in [7, 11) is 0. The Hall–Kier alpha value is -1.70. The number of allylic oxidation sites excluding steroid dienone is 3. The van der Waals surface area contributed by atoms with Gasteiger partial charge in [0.2, 0.25) is 5.91 Å². The summed E-state index contributed by atoms with van der Waals surface area (Å²) in [6, 6.07) is 0. The largest absolute Gasteiger partial charge is 0.426 e. The van der Waals surface area contributed by atoms with E-state index in [0.717, 1.165) is 24.8 Å². The summed E-state index contributed by atoms with van der Waals surface area (Å²) in [5.74, 6) is 0.672. The van der Waals surface area contributed by atoms with Crippen LogP contribution in [0.3, 0.4) is 0 Å². The number of hydroxylamine groups is 1. The summed E-state index contributed by atoms with van der Waals surface area (Å²) in [5.41, 5.74) is 3.43. The molecule has 0 aromatic carbocycles. The van der Waals surface area contributed by atoms with Crippen LogP contribution in [-0.2, 0) is 14.3 Å². The molecule has 0 aromatic heterocycles. The molecule has 0 radical (unpaired) electrons. The van der Waals surface area contributed by atoms with Crippen molar-refractivity contribution in [3.8, 4) is 0 Å². The van der Waals surface area contributed by atoms with Gasteiger partial charge in [-0.05, 0) is 88.2 Å². The fraction of sp³-hybridized carbons (Fsp3) is 0.760. The molecular formula is C25H41NO6. The number of aliphatic hydroxyl groups is 2. The highest BCUT2D eigenvalue weighted by Gasteiger charge is 2.37. The summed E-state index contributed by atoms with van der Waals surface area (Å²) in [4.78, 5) is 24.0. The first-order chi connectivity index (χ1) is 15.0. The second-order valence-corrected chi connectivity index (χ2v) is 10.3. The number of rotatable bonds is 10. The maximum absolute atomic E-state index is 12.8. The average Bonchev–Trinajstić information content (AvgIpc) is 2.72. The molecule has 32 heavy (non-hydrogen) atoms. The molecule has 2 aliphatic carbocycles. The van der Waals surface area contributed by atoms with Crippen LogP contribution in [0.15, 0.2) is 23.0 Å². The lowest BCUT2D eigenvalue weighted by Gasteiger charge is -2.38. The van der Waals surface area contributed by atoms with Crippen molar-refractivity contribution in [3.63, 3.8) is 0 Å². The maximum Gasteiger partial charge on any atom is 0.316 e. The van der Waals surface area contributed by atoms with Crippen molar-refractivity contribution < 1.29 is 29.7 Å². The molecule has 7 nitrogen and oxygen atoms in total. The van der Waals surface area contributed by atoms with Crippen molar-refractivity contribution >= 4 is 11.9 Å². The normalized spacial score (nSPS) is 25.5. The molecule has 0 unspecified atom stereocenters. The highest BCUT2D eigenvalue weighted by atomic mass is 16.5. The lowest BCUT2D eigenvalue weighted by molar-refractivity contribution is -0.149. The monoisotopic (exact) mass is 451 g/mol. The molecule has 1 amide bonds. The molecule has 0 aliphatic heterocycles. The van der Waals surface area contributed by atoms with E-state index in [-0.39, 0.29) is 24.7 Å². The minimum atomic E-state index is -1.01. The van der Waals surface area contributed by atoms with Crippen LogP contribution < -0.4 is 5.48 Å². The fourth-order valence-corrected chi connectivity index (χ4v) is 4.70. The molecule has 0 bridgehead atoms. The topological polar surface area (TPSA) is 116 Å². The maximum atomic E-state index is 12.8. The third-order valence-corrected chi connectivity index (χ3v) is 7.15. The van der Waals surface area contributed by atoms with E-state index < -0.39 is 23.5 Å². The molecule has 5 atom stereocenters. The minimum Gasteiger partial charge on any atom is -0.426 e. The Morgan fingerprint density at radius 1 is 1.25 bits per heavy atom. The zero-order valence-electron chi connectivity index (χ0n) is 20.2. The Bertz CT molecular complexity index is 741. The third kappa shape index (κ3) is 6.90. The first kappa shape index (κ1) is 26.6. The van der Waals surface area contributed by atoms with Crippen LogP contribution >= 0.6 is 0 Å². The zero-order chi connectivity index (χ0) is 24.1. The predicted octanol–water partition coefficient (Wildman–Crippen LogP) is 4.02. The Morgan fingerprint density at radius 2 is 1.94 bits per heavy atom. The van der Waals surface area contributed by atoms with Gasteiger partial charge in [0.15, 0.2) is 0 Å². The molecule has 4 N–H and O–H groups in total. The van der Waals surface area contributed by atoms with Gasteiger partial charge in [-0.1, -0.05) is 26.3 Å². The van der Waals surface area contributed by atoms with E-state index in [1.165, 1.54) is 11.1 Å². The van der Waals surface area contributed by atoms with E-state index in [1.54, 1.807) is 0 Å². The van der Waals surface area contributed by atoms with Gasteiger partial charge in [0.25, 0.3) is 0 Å². The quantitative estimate of drug-likeness (QED) is 0.226. The van der Waals surface area contributed by atoms with E-state index in [4.69, 9.17) is 9.94 Å². The van der Waals surface area contributed by atoms with Gasteiger partial charge in [-0.25, -0.2) is 5.48 Å². The van der Waals surface area contributed by atoms with Gasteiger partial charge in [0.1, 0.15) is 5.76 Å². The molecule has 0 aromatic rings. The Morgan fingerprint density at radius 3 is 2.56 bits per heavy atom. The van der Waals surface area contributed by atoms with Crippen molar-refractivity contribution in [3.05, 3.63) is 23.0 Å². The number of aliphatic hydroxyl groups excluding tert-OH is 2. The number of carbonyl (C=O) groups is 2. The van der Waals surface area contributed by atoms with Crippen LogP contribution in [0.4, 0.5) is 0 Å². The SMILES string of the molecule is CCC(C)(C)C(=O)OC1=C[C@H](C)CC2=C1[C@H](CC[C@@H](O)C[C@@H](O)CC(=O)NO)[C@H](C)CC2. The Kier molecular flexibility index (Phi) is 9.49. The summed E-state index contributed by atoms with van der Waals surface area (Å²) in [6.45, 7) is 10.1. The number of amides is 1. The zero-order valence-corrected chi connectivity index (χ0v) is 20.2. The summed E-state index contributed by atoms with van der Waals surface area (Å²) in [5, 5.41) is 29.0. The molecule has 0 saturated heterocycles. The summed E-state index contributed by atoms with van der Waals surface area (Å²) < 4.78 is 5.99. The molecular weight excluding hydrogens is 410 g/mol. The molecule has 0 saturated carbocycles. The molecule has 0 fully saturated rings. The lowest BCUT2D eigenvalue weighted by atomic mass is 9.69. The van der Waals surface area contributed by atoms with Crippen LogP contribution in [-0.4, -0.2) is 39.5 Å². The van der Waals surface area contributed by atoms with Gasteiger partial charge < -0.3 is 14.9 Å². The summed E-state index contributed by atoms with van der Waals surface area (Å²) in [6.07, 6.45) is 5.02. The number of ether oxygens (including phenoxy) is 1. The Balaban J connectivity index is 2.12. The lowest BCUT2D eigenvalue weighted by Crippen LogP contribution is -2.31. The van der Waals surface area contributed by atoms with Gasteiger partial charge in [-0.3, -0.25) is 14.8 Å². The highest BCUT2D eigenvalue weighted by Crippen LogP contribution is 2.46. The molecule has 182 valence electrons. The number of hydrogen-bond acceptors (Lipinski definition) is 6. The van der Waals surface area contributed by atoms with E-state index in [2.05, 4.69) is 19.9 Å². The van der Waals surface area contributed by atoms with Crippen molar-refractivity contribution in [1.82, 2.24) is 5.48 Å². The van der Waals surface area contributed by atoms with E-state index in [9.17, 15) is 19.8 Å². The van der Waals surface area contributed by atoms with Crippen molar-refractivity contribution in [1.29, 1.82) is 0 Å². The van der Waals surface area contributed by atoms with Crippen molar-refractivity contribution in [2.75, 3.05) is 0 Å². The minimum absolute atomic E-state index is 0.0693. The standard InChI is InChI=1S/C25H41NO6/c1-6-25(4,5)24(30)32-21-12-15(2)11-17-8-7-16(3)20(23(17)21)10-9-18(27)13-19(28)14-22(29)26-31/h12,15-16,18-20,27-28,31H,6-11,13-14H2,1-5H3,(H,26,29)/t15-,16-,18-,19-,20-/m1/s1. The third-order valence-electron chi connectivity index (χ3n) is 7.15. The van der Waals surface area contributed by atoms with Crippen molar-refractivity contribution in [2.45, 2.75) is 98.2 Å². The molecule has 2 aliphatic rings. The second-order valence-electron chi connectivity index (χ2n) is 10.3. The van der Waals surface area contributed by atoms with Gasteiger partial charge in [0, 0.05) is 0 Å². The average molecular weight is 452 g/mol. The molecule has 7 heteroatoms. The Labute approximate surface area is 191 Å². The van der Waals surface area contributed by atoms with Gasteiger partial charge in [0.05, 0.1) is 24.0 Å². The highest BCUT2D eigenvalue weighted by molar-refractivity contribution is 5.77. The van der Waals surface area contributed by atoms with Crippen LogP contribution in [0.1, 0.15) is 86.0 Å². The molecule has 2 rings (SSSR count). The van der Waals surface area contributed by atoms with Gasteiger partial charge in [-0.2, -0.15) is 0 Å². The smallest absolute Gasteiger partial charge is 0.316 e. The van der Waals surface area contributed by atoms with Gasteiger partial charge >= 0.3 is 5.97 Å². The van der Waals surface area contributed by atoms with Crippen LogP contribution in [0, 0.1) is 23.2 Å². The van der Waals surface area contributed by atoms with Crippen LogP contribution in [0.5, 0.6) is 0 Å². The van der Waals surface area contributed by atoms with Crippen molar-refractivity contribution in [2.24, 2.45) is 23.2 Å². The number of hydrogen-bond donors (Lipinski definition) is 4. The van der Waals surface area contributed by atoms with E-state index in [1.807, 2.05) is 20.8 Å². The molecule has 0 heterocycles. The van der Waals surface area contributed by atoms with Gasteiger partial charge in [-0.15, -0.1) is 0 Å². The molecule has 0 spiro atoms. The second kappa shape index (κ2) is 11.4. The van der Waals surface area contributed by atoms with Crippen LogP contribution in [0.25, 0.3) is 0 Å². The van der Waals surface area contributed by atoms with Crippen LogP contribution in [0.2, 0.25) is 0 Å². The van der Waals surface area contributed by atoms with E-state index in [0.29, 0.717) is 36.9 Å².